The van der Waals surface area contributed by atoms with Crippen molar-refractivity contribution in [1.29, 1.82) is 0 Å². The van der Waals surface area contributed by atoms with Crippen LogP contribution in [0.4, 0.5) is 5.69 Å². The molecular weight excluding hydrogens is 328 g/mol. The lowest BCUT2D eigenvalue weighted by molar-refractivity contribution is -0.118. The molecule has 0 bridgehead atoms. The first-order chi connectivity index (χ1) is 12.0. The molecule has 1 amide bonds. The molecule has 3 nitrogen and oxygen atoms in total. The van der Waals surface area contributed by atoms with E-state index in [-0.39, 0.29) is 11.2 Å². The molecule has 1 aliphatic heterocycles. The van der Waals surface area contributed by atoms with E-state index >= 15 is 0 Å². The monoisotopic (exact) mass is 352 g/mol. The Morgan fingerprint density at radius 2 is 1.68 bits per heavy atom. The molecule has 1 saturated heterocycles. The quantitative estimate of drug-likeness (QED) is 0.837. The zero-order valence-corrected chi connectivity index (χ0v) is 15.8. The number of carbonyl (C=O) groups is 1. The highest BCUT2D eigenvalue weighted by Gasteiger charge is 2.30. The minimum Gasteiger partial charge on any atom is -0.304 e. The number of nitrogens with zero attached hydrogens (tertiary/aromatic N) is 1. The molecule has 0 spiro atoms. The number of amidine groups is 1. The molecule has 4 heteroatoms. The second-order valence-corrected chi connectivity index (χ2v) is 7.82. The second kappa shape index (κ2) is 7.87. The number of carbonyl (C=O) groups excluding carboxylic acids is 1. The Kier molecular flexibility index (Phi) is 5.59. The van der Waals surface area contributed by atoms with Gasteiger partial charge >= 0.3 is 0 Å². The van der Waals surface area contributed by atoms with E-state index in [0.717, 1.165) is 18.5 Å². The standard InChI is InChI=1S/C21H24N2OS/c1-4-15-7-11-18(12-8-15)22-21-23-20(24)19(25-21)13-16-5-9-17(10-6-16)14(2)3/h5-12,14,19H,4,13H2,1-3H3,(H,22,23,24). The normalized spacial score (nSPS) is 18.8. The lowest BCUT2D eigenvalue weighted by Gasteiger charge is -2.08. The van der Waals surface area contributed by atoms with Crippen LogP contribution < -0.4 is 5.32 Å². The van der Waals surface area contributed by atoms with Crippen LogP contribution in [0, 0.1) is 0 Å². The summed E-state index contributed by atoms with van der Waals surface area (Å²) in [6, 6.07) is 16.7. The summed E-state index contributed by atoms with van der Waals surface area (Å²) < 4.78 is 0. The maximum atomic E-state index is 12.2. The highest BCUT2D eigenvalue weighted by atomic mass is 32.2. The molecule has 0 saturated carbocycles. The first kappa shape index (κ1) is 17.7. The third kappa shape index (κ3) is 4.51. The second-order valence-electron chi connectivity index (χ2n) is 6.63. The minimum atomic E-state index is -0.112. The largest absolute Gasteiger partial charge is 0.304 e. The molecule has 25 heavy (non-hydrogen) atoms. The number of nitrogens with one attached hydrogen (secondary N) is 1. The van der Waals surface area contributed by atoms with Crippen molar-refractivity contribution in [3.8, 4) is 0 Å². The van der Waals surface area contributed by atoms with Gasteiger partial charge in [0.1, 0.15) is 0 Å². The SMILES string of the molecule is CCc1ccc(N=C2NC(=O)C(Cc3ccc(C(C)C)cc3)S2)cc1. The van der Waals surface area contributed by atoms with E-state index in [2.05, 4.69) is 67.5 Å². The third-order valence-electron chi connectivity index (χ3n) is 4.42. The summed E-state index contributed by atoms with van der Waals surface area (Å²) in [6.07, 6.45) is 1.74. The molecule has 1 heterocycles. The number of aliphatic imine (C=N–C) groups is 1. The van der Waals surface area contributed by atoms with Crippen molar-refractivity contribution in [3.63, 3.8) is 0 Å². The van der Waals surface area contributed by atoms with Crippen LogP contribution in [0.25, 0.3) is 0 Å². The average Bonchev–Trinajstić information content (AvgIpc) is 2.95. The van der Waals surface area contributed by atoms with Crippen LogP contribution in [-0.2, 0) is 17.6 Å². The van der Waals surface area contributed by atoms with Gasteiger partial charge in [-0.05, 0) is 47.6 Å². The zero-order valence-electron chi connectivity index (χ0n) is 15.0. The lowest BCUT2D eigenvalue weighted by atomic mass is 10.0. The number of benzene rings is 2. The average molecular weight is 353 g/mol. The van der Waals surface area contributed by atoms with E-state index in [4.69, 9.17) is 0 Å². The van der Waals surface area contributed by atoms with Gasteiger partial charge in [-0.3, -0.25) is 4.79 Å². The van der Waals surface area contributed by atoms with Crippen LogP contribution >= 0.6 is 11.8 Å². The van der Waals surface area contributed by atoms with Crippen molar-refractivity contribution in [3.05, 3.63) is 65.2 Å². The van der Waals surface area contributed by atoms with Gasteiger partial charge < -0.3 is 5.32 Å². The Hall–Kier alpha value is -2.07. The van der Waals surface area contributed by atoms with E-state index < -0.39 is 0 Å². The lowest BCUT2D eigenvalue weighted by Crippen LogP contribution is -2.25. The van der Waals surface area contributed by atoms with Gasteiger partial charge in [0.2, 0.25) is 5.91 Å². The number of hydrogen-bond donors (Lipinski definition) is 1. The molecule has 0 aliphatic carbocycles. The molecular formula is C21H24N2OS. The van der Waals surface area contributed by atoms with Gasteiger partial charge in [-0.15, -0.1) is 0 Å². The van der Waals surface area contributed by atoms with Gasteiger partial charge in [0, 0.05) is 0 Å². The fourth-order valence-electron chi connectivity index (χ4n) is 2.77. The van der Waals surface area contributed by atoms with Crippen LogP contribution in [0.1, 0.15) is 43.4 Å². The van der Waals surface area contributed by atoms with E-state index in [1.165, 1.54) is 28.5 Å². The van der Waals surface area contributed by atoms with E-state index in [9.17, 15) is 4.79 Å². The first-order valence-corrected chi connectivity index (χ1v) is 9.67. The summed E-state index contributed by atoms with van der Waals surface area (Å²) in [4.78, 5) is 16.8. The molecule has 3 rings (SSSR count). The van der Waals surface area contributed by atoms with Crippen molar-refractivity contribution in [2.24, 2.45) is 4.99 Å². The van der Waals surface area contributed by atoms with Crippen molar-refractivity contribution in [2.75, 3.05) is 0 Å². The molecule has 0 radical (unpaired) electrons. The molecule has 1 fully saturated rings. The Morgan fingerprint density at radius 3 is 2.28 bits per heavy atom. The molecule has 0 aromatic heterocycles. The van der Waals surface area contributed by atoms with Crippen molar-refractivity contribution in [2.45, 2.75) is 44.8 Å². The fraction of sp³-hybridized carbons (Fsp3) is 0.333. The summed E-state index contributed by atoms with van der Waals surface area (Å²) in [5.74, 6) is 0.568. The Labute approximate surface area is 153 Å². The molecule has 1 N–H and O–H groups in total. The van der Waals surface area contributed by atoms with Crippen LogP contribution in [-0.4, -0.2) is 16.3 Å². The molecule has 1 unspecified atom stereocenters. The maximum absolute atomic E-state index is 12.2. The molecule has 2 aromatic rings. The first-order valence-electron chi connectivity index (χ1n) is 8.79. The van der Waals surface area contributed by atoms with Crippen LogP contribution in [0.5, 0.6) is 0 Å². The van der Waals surface area contributed by atoms with Gasteiger partial charge in [0.15, 0.2) is 5.17 Å². The van der Waals surface area contributed by atoms with Crippen LogP contribution in [0.15, 0.2) is 53.5 Å². The van der Waals surface area contributed by atoms with E-state index in [1.54, 1.807) is 0 Å². The summed E-state index contributed by atoms with van der Waals surface area (Å²) in [5, 5.41) is 3.49. The van der Waals surface area contributed by atoms with Gasteiger partial charge in [-0.25, -0.2) is 4.99 Å². The van der Waals surface area contributed by atoms with Gasteiger partial charge in [-0.1, -0.05) is 68.9 Å². The summed E-state index contributed by atoms with van der Waals surface area (Å²) >= 11 is 1.52. The summed E-state index contributed by atoms with van der Waals surface area (Å²) in [5.41, 5.74) is 4.67. The Morgan fingerprint density at radius 1 is 1.04 bits per heavy atom. The highest BCUT2D eigenvalue weighted by Crippen LogP contribution is 2.26. The predicted molar refractivity (Wildman–Crippen MR) is 107 cm³/mol. The summed E-state index contributed by atoms with van der Waals surface area (Å²) in [7, 11) is 0. The van der Waals surface area contributed by atoms with Crippen LogP contribution in [0.3, 0.4) is 0 Å². The van der Waals surface area contributed by atoms with Gasteiger partial charge in [0.25, 0.3) is 0 Å². The zero-order chi connectivity index (χ0) is 17.8. The van der Waals surface area contributed by atoms with E-state index in [0.29, 0.717) is 11.1 Å². The third-order valence-corrected chi connectivity index (χ3v) is 5.50. The topological polar surface area (TPSA) is 41.5 Å². The van der Waals surface area contributed by atoms with E-state index in [1.807, 2.05) is 12.1 Å². The molecule has 1 atom stereocenters. The highest BCUT2D eigenvalue weighted by molar-refractivity contribution is 8.15. The van der Waals surface area contributed by atoms with Crippen molar-refractivity contribution in [1.82, 2.24) is 5.32 Å². The van der Waals surface area contributed by atoms with Crippen molar-refractivity contribution < 1.29 is 4.79 Å². The smallest absolute Gasteiger partial charge is 0.239 e. The number of thioether (sulfide) groups is 1. The number of hydrogen-bond acceptors (Lipinski definition) is 3. The Balaban J connectivity index is 1.66. The predicted octanol–water partition coefficient (Wildman–Crippen LogP) is 4.83. The Bertz CT molecular complexity index is 763. The number of aryl methyl sites for hydroxylation is 1. The molecule has 2 aromatic carbocycles. The fourth-order valence-corrected chi connectivity index (χ4v) is 3.80. The molecule has 130 valence electrons. The summed E-state index contributed by atoms with van der Waals surface area (Å²) in [6.45, 7) is 6.50. The minimum absolute atomic E-state index is 0.0434. The van der Waals surface area contributed by atoms with Crippen molar-refractivity contribution >= 4 is 28.5 Å². The number of amides is 1. The number of rotatable bonds is 5. The van der Waals surface area contributed by atoms with Crippen LogP contribution in [0.2, 0.25) is 0 Å². The maximum Gasteiger partial charge on any atom is 0.239 e. The van der Waals surface area contributed by atoms with Gasteiger partial charge in [0.05, 0.1) is 10.9 Å². The van der Waals surface area contributed by atoms with Gasteiger partial charge in [-0.2, -0.15) is 0 Å². The molecule has 1 aliphatic rings.